The molecule has 0 saturated carbocycles. The molecular formula is C7H2F12O2. The van der Waals surface area contributed by atoms with Crippen molar-refractivity contribution in [2.24, 2.45) is 0 Å². The zero-order valence-corrected chi connectivity index (χ0v) is 9.01. The van der Waals surface area contributed by atoms with Gasteiger partial charge in [-0.15, -0.1) is 0 Å². The van der Waals surface area contributed by atoms with Crippen LogP contribution in [0.3, 0.4) is 0 Å². The Morgan fingerprint density at radius 1 is 0.524 bits per heavy atom. The van der Waals surface area contributed by atoms with Gasteiger partial charge in [0.15, 0.2) is 12.2 Å². The Labute approximate surface area is 106 Å². The fourth-order valence-corrected chi connectivity index (χ4v) is 1.41. The first-order valence-corrected chi connectivity index (χ1v) is 4.56. The third-order valence-corrected chi connectivity index (χ3v) is 2.25. The van der Waals surface area contributed by atoms with Crippen molar-refractivity contribution in [2.75, 3.05) is 0 Å². The van der Waals surface area contributed by atoms with E-state index in [0.717, 1.165) is 0 Å². The van der Waals surface area contributed by atoms with Crippen molar-refractivity contribution in [1.82, 2.24) is 0 Å². The average Bonchev–Trinajstić information content (AvgIpc) is 2.53. The molecule has 0 bridgehead atoms. The van der Waals surface area contributed by atoms with Gasteiger partial charge in [0, 0.05) is 0 Å². The lowest BCUT2D eigenvalue weighted by Gasteiger charge is -2.31. The van der Waals surface area contributed by atoms with E-state index >= 15 is 0 Å². The molecule has 21 heavy (non-hydrogen) atoms. The smallest absolute Gasteiger partial charge is 0.319 e. The molecule has 1 heterocycles. The van der Waals surface area contributed by atoms with Crippen molar-refractivity contribution in [3.8, 4) is 0 Å². The van der Waals surface area contributed by atoms with Crippen LogP contribution >= 0.6 is 0 Å². The maximum absolute atomic E-state index is 12.3. The minimum Gasteiger partial charge on any atom is -0.319 e. The minimum atomic E-state index is -6.71. The predicted molar refractivity (Wildman–Crippen MR) is 36.7 cm³/mol. The Hall–Kier alpha value is -0.920. The van der Waals surface area contributed by atoms with Gasteiger partial charge in [0.1, 0.15) is 0 Å². The number of rotatable bonds is 0. The zero-order chi connectivity index (χ0) is 17.1. The summed E-state index contributed by atoms with van der Waals surface area (Å²) in [7, 11) is 0. The lowest BCUT2D eigenvalue weighted by atomic mass is 10.2. The summed E-state index contributed by atoms with van der Waals surface area (Å²) in [5.41, 5.74) is 0. The Bertz CT molecular complexity index is 348. The molecule has 2 nitrogen and oxygen atoms in total. The standard InChI is InChI=1S/C7H2F12O2/c8-3(9,10)1-2(4(11,12)13)21-5(20-1,6(14,15)16)7(17,18)19/h1-2H. The number of alkyl halides is 12. The first-order valence-electron chi connectivity index (χ1n) is 4.56. The van der Waals surface area contributed by atoms with E-state index in [1.165, 1.54) is 0 Å². The molecule has 0 N–H and O–H groups in total. The van der Waals surface area contributed by atoms with Crippen molar-refractivity contribution in [3.05, 3.63) is 0 Å². The van der Waals surface area contributed by atoms with Crippen LogP contribution in [0.15, 0.2) is 0 Å². The minimum absolute atomic E-state index is 2.66. The zero-order valence-electron chi connectivity index (χ0n) is 9.01. The molecule has 0 aromatic carbocycles. The van der Waals surface area contributed by atoms with Crippen LogP contribution in [0.5, 0.6) is 0 Å². The number of hydrogen-bond donors (Lipinski definition) is 0. The second-order valence-electron chi connectivity index (χ2n) is 3.77. The summed E-state index contributed by atoms with van der Waals surface area (Å²) >= 11 is 0. The van der Waals surface area contributed by atoms with Gasteiger partial charge in [-0.1, -0.05) is 0 Å². The molecule has 1 fully saturated rings. The van der Waals surface area contributed by atoms with E-state index in [9.17, 15) is 52.7 Å². The van der Waals surface area contributed by atoms with Crippen molar-refractivity contribution in [1.29, 1.82) is 0 Å². The summed E-state index contributed by atoms with van der Waals surface area (Å²) in [6, 6.07) is 0. The summed E-state index contributed by atoms with van der Waals surface area (Å²) < 4.78 is 153. The molecule has 0 spiro atoms. The predicted octanol–water partition coefficient (Wildman–Crippen LogP) is 3.72. The molecule has 2 unspecified atom stereocenters. The highest BCUT2D eigenvalue weighted by molar-refractivity contribution is 5.00. The van der Waals surface area contributed by atoms with Crippen LogP contribution in [0, 0.1) is 0 Å². The third-order valence-electron chi connectivity index (χ3n) is 2.25. The molecule has 0 aliphatic carbocycles. The monoisotopic (exact) mass is 346 g/mol. The van der Waals surface area contributed by atoms with Crippen LogP contribution in [0.25, 0.3) is 0 Å². The van der Waals surface area contributed by atoms with Gasteiger partial charge in [-0.25, -0.2) is 0 Å². The van der Waals surface area contributed by atoms with E-state index in [4.69, 9.17) is 0 Å². The van der Waals surface area contributed by atoms with Gasteiger partial charge in [-0.05, 0) is 0 Å². The molecule has 0 radical (unpaired) electrons. The fraction of sp³-hybridized carbons (Fsp3) is 1.00. The topological polar surface area (TPSA) is 18.5 Å². The molecule has 1 aliphatic heterocycles. The SMILES string of the molecule is FC(F)(F)C1OC(C(F)(F)F)(C(F)(F)F)OC1C(F)(F)F. The van der Waals surface area contributed by atoms with Crippen molar-refractivity contribution in [3.63, 3.8) is 0 Å². The van der Waals surface area contributed by atoms with E-state index in [1.807, 2.05) is 0 Å². The lowest BCUT2D eigenvalue weighted by Crippen LogP contribution is -2.58. The van der Waals surface area contributed by atoms with Crippen LogP contribution < -0.4 is 0 Å². The summed E-state index contributed by atoms with van der Waals surface area (Å²) in [6.45, 7) is 0. The molecule has 0 aromatic rings. The fourth-order valence-electron chi connectivity index (χ4n) is 1.41. The highest BCUT2D eigenvalue weighted by atomic mass is 19.4. The summed E-state index contributed by atoms with van der Waals surface area (Å²) in [4.78, 5) is 0. The summed E-state index contributed by atoms with van der Waals surface area (Å²) in [5.74, 6) is -6.01. The second-order valence-corrected chi connectivity index (χ2v) is 3.77. The van der Waals surface area contributed by atoms with Gasteiger partial charge in [0.2, 0.25) is 0 Å². The van der Waals surface area contributed by atoms with E-state index < -0.39 is 42.7 Å². The Balaban J connectivity index is 3.42. The largest absolute Gasteiger partial charge is 0.453 e. The molecule has 1 saturated heterocycles. The van der Waals surface area contributed by atoms with Gasteiger partial charge >= 0.3 is 30.5 Å². The van der Waals surface area contributed by atoms with Crippen molar-refractivity contribution >= 4 is 0 Å². The van der Waals surface area contributed by atoms with Gasteiger partial charge in [-0.2, -0.15) is 52.7 Å². The van der Waals surface area contributed by atoms with Crippen molar-refractivity contribution in [2.45, 2.75) is 42.7 Å². The van der Waals surface area contributed by atoms with E-state index in [2.05, 4.69) is 9.47 Å². The van der Waals surface area contributed by atoms with E-state index in [0.29, 0.717) is 0 Å². The quantitative estimate of drug-likeness (QED) is 0.623. The third kappa shape index (κ3) is 3.00. The van der Waals surface area contributed by atoms with Crippen LogP contribution in [0.1, 0.15) is 0 Å². The highest BCUT2D eigenvalue weighted by Gasteiger charge is 2.83. The van der Waals surface area contributed by atoms with Crippen LogP contribution in [0.4, 0.5) is 52.7 Å². The van der Waals surface area contributed by atoms with Gasteiger partial charge < -0.3 is 9.47 Å². The summed E-state index contributed by atoms with van der Waals surface area (Å²) in [6.07, 6.45) is -34.7. The first-order chi connectivity index (χ1) is 8.93. The average molecular weight is 346 g/mol. The Morgan fingerprint density at radius 3 is 0.905 bits per heavy atom. The van der Waals surface area contributed by atoms with Crippen molar-refractivity contribution < 1.29 is 62.2 Å². The van der Waals surface area contributed by atoms with Crippen LogP contribution in [-0.4, -0.2) is 42.7 Å². The maximum atomic E-state index is 12.3. The van der Waals surface area contributed by atoms with E-state index in [1.54, 1.807) is 0 Å². The maximum Gasteiger partial charge on any atom is 0.453 e. The normalized spacial score (nSPS) is 28.0. The molecule has 126 valence electrons. The molecule has 1 aliphatic rings. The lowest BCUT2D eigenvalue weighted by molar-refractivity contribution is -0.453. The number of ether oxygens (including phenoxy) is 2. The van der Waals surface area contributed by atoms with Gasteiger partial charge in [0.25, 0.3) is 0 Å². The number of halogens is 12. The van der Waals surface area contributed by atoms with Crippen LogP contribution in [0.2, 0.25) is 0 Å². The Morgan fingerprint density at radius 2 is 0.762 bits per heavy atom. The van der Waals surface area contributed by atoms with Gasteiger partial charge in [-0.3, -0.25) is 0 Å². The molecule has 1 rings (SSSR count). The second kappa shape index (κ2) is 4.54. The Kier molecular flexibility index (Phi) is 3.92. The van der Waals surface area contributed by atoms with Gasteiger partial charge in [0.05, 0.1) is 0 Å². The molecular weight excluding hydrogens is 344 g/mol. The van der Waals surface area contributed by atoms with E-state index in [-0.39, 0.29) is 0 Å². The molecule has 0 aromatic heterocycles. The first kappa shape index (κ1) is 18.1. The number of hydrogen-bond acceptors (Lipinski definition) is 2. The molecule has 0 amide bonds. The highest BCUT2D eigenvalue weighted by Crippen LogP contribution is 2.55. The molecule has 14 heteroatoms. The summed E-state index contributed by atoms with van der Waals surface area (Å²) in [5, 5.41) is 0. The van der Waals surface area contributed by atoms with Crippen LogP contribution in [-0.2, 0) is 9.47 Å². The molecule has 2 atom stereocenters.